The minimum absolute atomic E-state index is 0.0176. The van der Waals surface area contributed by atoms with E-state index < -0.39 is 34.1 Å². The van der Waals surface area contributed by atoms with Gasteiger partial charge in [0.15, 0.2) is 0 Å². The summed E-state index contributed by atoms with van der Waals surface area (Å²) in [5, 5.41) is 19.7. The number of carbonyl (C=O) groups excluding carboxylic acids is 1. The Hall–Kier alpha value is -2.51. The molecule has 1 aliphatic rings. The molecule has 1 fully saturated rings. The van der Waals surface area contributed by atoms with Gasteiger partial charge in [-0.05, 0) is 18.9 Å². The first-order chi connectivity index (χ1) is 9.90. The molecule has 7 nitrogen and oxygen atoms in total. The molecule has 1 unspecified atom stereocenters. The quantitative estimate of drug-likeness (QED) is 0.675. The number of halogens is 1. The van der Waals surface area contributed by atoms with Crippen LogP contribution in [0.4, 0.5) is 10.1 Å². The number of carboxylic acid groups (broad SMARTS) is 1. The van der Waals surface area contributed by atoms with Crippen LogP contribution in [0.25, 0.3) is 0 Å². The van der Waals surface area contributed by atoms with Crippen molar-refractivity contribution in [1.29, 1.82) is 0 Å². The van der Waals surface area contributed by atoms with Crippen LogP contribution in [0.3, 0.4) is 0 Å². The first-order valence-electron chi connectivity index (χ1n) is 6.36. The summed E-state index contributed by atoms with van der Waals surface area (Å²) in [5.74, 6) is -3.28. The third-order valence-electron chi connectivity index (χ3n) is 3.45. The van der Waals surface area contributed by atoms with E-state index in [0.29, 0.717) is 19.4 Å². The predicted octanol–water partition coefficient (Wildman–Crippen LogP) is 1.67. The molecule has 2 rings (SSSR count). The number of piperidine rings is 1. The van der Waals surface area contributed by atoms with Crippen LogP contribution in [0.15, 0.2) is 18.2 Å². The fourth-order valence-corrected chi connectivity index (χ4v) is 2.32. The lowest BCUT2D eigenvalue weighted by molar-refractivity contribution is -0.384. The van der Waals surface area contributed by atoms with E-state index in [0.717, 1.165) is 18.2 Å². The highest BCUT2D eigenvalue weighted by atomic mass is 19.1. The number of nitro groups is 1. The number of rotatable bonds is 3. The van der Waals surface area contributed by atoms with Crippen molar-refractivity contribution in [2.24, 2.45) is 5.92 Å². The van der Waals surface area contributed by atoms with Crippen LogP contribution in [0.2, 0.25) is 0 Å². The van der Waals surface area contributed by atoms with E-state index in [1.807, 2.05) is 0 Å². The Morgan fingerprint density at radius 1 is 1.43 bits per heavy atom. The SMILES string of the molecule is O=C(O)C1CCCN(C(=O)c2cc([N+](=O)[O-])ccc2F)C1. The van der Waals surface area contributed by atoms with Gasteiger partial charge in [-0.15, -0.1) is 0 Å². The van der Waals surface area contributed by atoms with Crippen LogP contribution in [-0.2, 0) is 4.79 Å². The van der Waals surface area contributed by atoms with Gasteiger partial charge in [-0.1, -0.05) is 0 Å². The largest absolute Gasteiger partial charge is 0.481 e. The number of hydrogen-bond acceptors (Lipinski definition) is 4. The second kappa shape index (κ2) is 5.86. The van der Waals surface area contributed by atoms with Crippen molar-refractivity contribution in [3.63, 3.8) is 0 Å². The van der Waals surface area contributed by atoms with E-state index in [1.165, 1.54) is 4.90 Å². The Bertz CT molecular complexity index is 604. The maximum absolute atomic E-state index is 13.7. The highest BCUT2D eigenvalue weighted by Crippen LogP contribution is 2.22. The average molecular weight is 296 g/mol. The number of carboxylic acids is 1. The molecule has 1 saturated heterocycles. The number of carbonyl (C=O) groups is 2. The Kier molecular flexibility index (Phi) is 4.15. The number of likely N-dealkylation sites (tertiary alicyclic amines) is 1. The van der Waals surface area contributed by atoms with Gasteiger partial charge in [-0.3, -0.25) is 19.7 Å². The first kappa shape index (κ1) is 14.9. The summed E-state index contributed by atoms with van der Waals surface area (Å²) in [6, 6.07) is 2.72. The number of nitrogens with zero attached hydrogens (tertiary/aromatic N) is 2. The molecule has 1 heterocycles. The lowest BCUT2D eigenvalue weighted by atomic mass is 9.97. The molecule has 0 radical (unpaired) electrons. The summed E-state index contributed by atoms with van der Waals surface area (Å²) in [6.07, 6.45) is 0.954. The smallest absolute Gasteiger partial charge is 0.308 e. The molecule has 1 aromatic carbocycles. The minimum Gasteiger partial charge on any atom is -0.481 e. The Morgan fingerprint density at radius 2 is 2.14 bits per heavy atom. The molecule has 0 aliphatic carbocycles. The highest BCUT2D eigenvalue weighted by molar-refractivity contribution is 5.95. The number of nitro benzene ring substituents is 1. The van der Waals surface area contributed by atoms with Gasteiger partial charge in [-0.25, -0.2) is 4.39 Å². The van der Waals surface area contributed by atoms with E-state index in [2.05, 4.69) is 0 Å². The third kappa shape index (κ3) is 3.15. The molecule has 0 bridgehead atoms. The van der Waals surface area contributed by atoms with Gasteiger partial charge in [0.2, 0.25) is 0 Å². The maximum Gasteiger partial charge on any atom is 0.308 e. The first-order valence-corrected chi connectivity index (χ1v) is 6.36. The Balaban J connectivity index is 2.25. The summed E-state index contributed by atoms with van der Waals surface area (Å²) in [5.41, 5.74) is -0.790. The van der Waals surface area contributed by atoms with Gasteiger partial charge in [0.25, 0.3) is 11.6 Å². The number of amides is 1. The van der Waals surface area contributed by atoms with Gasteiger partial charge < -0.3 is 10.0 Å². The van der Waals surface area contributed by atoms with Crippen molar-refractivity contribution in [3.8, 4) is 0 Å². The monoisotopic (exact) mass is 296 g/mol. The summed E-state index contributed by atoms with van der Waals surface area (Å²) in [7, 11) is 0. The highest BCUT2D eigenvalue weighted by Gasteiger charge is 2.30. The van der Waals surface area contributed by atoms with Crippen molar-refractivity contribution in [3.05, 3.63) is 39.7 Å². The predicted molar refractivity (Wildman–Crippen MR) is 69.3 cm³/mol. The van der Waals surface area contributed by atoms with Crippen molar-refractivity contribution in [2.45, 2.75) is 12.8 Å². The zero-order valence-electron chi connectivity index (χ0n) is 11.0. The molecule has 1 N–H and O–H groups in total. The van der Waals surface area contributed by atoms with E-state index in [-0.39, 0.29) is 12.2 Å². The zero-order chi connectivity index (χ0) is 15.6. The Morgan fingerprint density at radius 3 is 2.76 bits per heavy atom. The molecule has 1 aromatic rings. The fourth-order valence-electron chi connectivity index (χ4n) is 2.32. The average Bonchev–Trinajstić information content (AvgIpc) is 2.47. The number of aliphatic carboxylic acids is 1. The summed E-state index contributed by atoms with van der Waals surface area (Å²) >= 11 is 0. The normalized spacial score (nSPS) is 18.3. The maximum atomic E-state index is 13.7. The third-order valence-corrected chi connectivity index (χ3v) is 3.45. The van der Waals surface area contributed by atoms with Crippen LogP contribution in [0.1, 0.15) is 23.2 Å². The van der Waals surface area contributed by atoms with Crippen LogP contribution < -0.4 is 0 Å². The van der Waals surface area contributed by atoms with E-state index in [9.17, 15) is 24.1 Å². The number of benzene rings is 1. The molecular formula is C13H13FN2O5. The number of hydrogen-bond donors (Lipinski definition) is 1. The summed E-state index contributed by atoms with van der Waals surface area (Å²) in [4.78, 5) is 34.4. The molecule has 1 amide bonds. The van der Waals surface area contributed by atoms with Crippen molar-refractivity contribution in [2.75, 3.05) is 13.1 Å². The van der Waals surface area contributed by atoms with Crippen LogP contribution >= 0.6 is 0 Å². The second-order valence-corrected chi connectivity index (χ2v) is 4.85. The lowest BCUT2D eigenvalue weighted by Crippen LogP contribution is -2.42. The lowest BCUT2D eigenvalue weighted by Gasteiger charge is -2.30. The van der Waals surface area contributed by atoms with E-state index in [4.69, 9.17) is 5.11 Å². The molecule has 21 heavy (non-hydrogen) atoms. The molecule has 112 valence electrons. The molecular weight excluding hydrogens is 283 g/mol. The van der Waals surface area contributed by atoms with E-state index in [1.54, 1.807) is 0 Å². The van der Waals surface area contributed by atoms with Gasteiger partial charge in [-0.2, -0.15) is 0 Å². The van der Waals surface area contributed by atoms with Crippen LogP contribution in [-0.4, -0.2) is 39.9 Å². The van der Waals surface area contributed by atoms with Gasteiger partial charge >= 0.3 is 5.97 Å². The van der Waals surface area contributed by atoms with Gasteiger partial charge in [0.1, 0.15) is 5.82 Å². The van der Waals surface area contributed by atoms with Crippen LogP contribution in [0.5, 0.6) is 0 Å². The minimum atomic E-state index is -1.01. The standard InChI is InChI=1S/C13H13FN2O5/c14-11-4-3-9(16(20)21)6-10(11)12(17)15-5-1-2-8(7-15)13(18)19/h3-4,6,8H,1-2,5,7H2,(H,18,19). The number of non-ortho nitro benzene ring substituents is 1. The van der Waals surface area contributed by atoms with Crippen molar-refractivity contribution < 1.29 is 24.0 Å². The van der Waals surface area contributed by atoms with Gasteiger partial charge in [0, 0.05) is 25.2 Å². The van der Waals surface area contributed by atoms with E-state index >= 15 is 0 Å². The molecule has 1 aliphatic heterocycles. The Labute approximate surface area is 119 Å². The summed E-state index contributed by atoms with van der Waals surface area (Å²) in [6.45, 7) is 0.293. The van der Waals surface area contributed by atoms with Crippen LogP contribution in [0, 0.1) is 21.8 Å². The fraction of sp³-hybridized carbons (Fsp3) is 0.385. The molecule has 1 atom stereocenters. The molecule has 0 spiro atoms. The second-order valence-electron chi connectivity index (χ2n) is 4.85. The molecule has 8 heteroatoms. The van der Waals surface area contributed by atoms with Crippen molar-refractivity contribution >= 4 is 17.6 Å². The van der Waals surface area contributed by atoms with Gasteiger partial charge in [0.05, 0.1) is 16.4 Å². The molecule has 0 saturated carbocycles. The molecule has 0 aromatic heterocycles. The topological polar surface area (TPSA) is 101 Å². The summed E-state index contributed by atoms with van der Waals surface area (Å²) < 4.78 is 13.7. The van der Waals surface area contributed by atoms with Crippen molar-refractivity contribution in [1.82, 2.24) is 4.90 Å². The zero-order valence-corrected chi connectivity index (χ0v) is 11.0.